The van der Waals surface area contributed by atoms with Gasteiger partial charge in [-0.3, -0.25) is 4.40 Å². The van der Waals surface area contributed by atoms with E-state index in [9.17, 15) is 0 Å². The van der Waals surface area contributed by atoms with E-state index in [-0.39, 0.29) is 5.92 Å². The number of methoxy groups -OCH3 is 2. The summed E-state index contributed by atoms with van der Waals surface area (Å²) in [6, 6.07) is 24.9. The van der Waals surface area contributed by atoms with Crippen molar-refractivity contribution in [2.24, 2.45) is 0 Å². The topological polar surface area (TPSA) is 130 Å². The molecule has 6 aromatic heterocycles. The number of nitrogens with zero attached hydrogens (tertiary/aromatic N) is 10. The fourth-order valence-electron chi connectivity index (χ4n) is 9.77. The molecule has 0 N–H and O–H groups in total. The van der Waals surface area contributed by atoms with Crippen molar-refractivity contribution < 1.29 is 18.9 Å². The van der Waals surface area contributed by atoms with Crippen LogP contribution in [0.1, 0.15) is 59.1 Å². The molecule has 4 aliphatic rings. The van der Waals surface area contributed by atoms with Crippen LogP contribution in [0, 0.1) is 0 Å². The lowest BCUT2D eigenvalue weighted by Gasteiger charge is -2.26. The first-order chi connectivity index (χ1) is 32.6. The van der Waals surface area contributed by atoms with Crippen LogP contribution in [0.5, 0.6) is 11.5 Å². The van der Waals surface area contributed by atoms with E-state index in [1.165, 1.54) is 17.0 Å². The van der Waals surface area contributed by atoms with Gasteiger partial charge in [-0.1, -0.05) is 42.5 Å². The zero-order chi connectivity index (χ0) is 44.4. The Labute approximate surface area is 383 Å². The molecule has 0 radical (unpaired) electrons. The average Bonchev–Trinajstić information content (AvgIpc) is 3.97. The summed E-state index contributed by atoms with van der Waals surface area (Å²) in [6.45, 7) is 6.19. The smallest absolute Gasteiger partial charge is 0.225 e. The van der Waals surface area contributed by atoms with Crippen LogP contribution in [-0.2, 0) is 22.3 Å². The SMILES string of the molecule is COc1ccccc1C1=CCCc2nc3ccc(-c4cnc(N5CCOCC5)nc4)cn3c21.COc1ccccc1C1CCCc2nc3ccc(-c4cnc(N5CCOCC5)nc4)cn3c21. The van der Waals surface area contributed by atoms with E-state index in [1.807, 2.05) is 49.1 Å². The Balaban J connectivity index is 0.000000146. The van der Waals surface area contributed by atoms with Crippen LogP contribution in [0.25, 0.3) is 39.1 Å². The van der Waals surface area contributed by atoms with Gasteiger partial charge in [0.2, 0.25) is 11.9 Å². The lowest BCUT2D eigenvalue weighted by atomic mass is 9.84. The molecule has 12 rings (SSSR count). The molecule has 0 spiro atoms. The first-order valence-corrected chi connectivity index (χ1v) is 22.9. The van der Waals surface area contributed by atoms with Crippen molar-refractivity contribution in [2.45, 2.75) is 38.0 Å². The molecule has 0 saturated carbocycles. The van der Waals surface area contributed by atoms with Gasteiger partial charge in [-0.15, -0.1) is 0 Å². The van der Waals surface area contributed by atoms with Crippen LogP contribution >= 0.6 is 0 Å². The van der Waals surface area contributed by atoms with Crippen LogP contribution in [0.2, 0.25) is 0 Å². The van der Waals surface area contributed by atoms with E-state index in [0.29, 0.717) is 0 Å². The number of para-hydroxylation sites is 2. The maximum Gasteiger partial charge on any atom is 0.225 e. The quantitative estimate of drug-likeness (QED) is 0.146. The van der Waals surface area contributed by atoms with E-state index in [4.69, 9.17) is 28.9 Å². The molecule has 1 unspecified atom stereocenters. The van der Waals surface area contributed by atoms with Gasteiger partial charge in [0, 0.05) is 108 Å². The number of ether oxygens (including phenoxy) is 4. The summed E-state index contributed by atoms with van der Waals surface area (Å²) in [5.74, 6) is 3.59. The molecule has 8 heterocycles. The lowest BCUT2D eigenvalue weighted by Crippen LogP contribution is -2.37. The van der Waals surface area contributed by atoms with Gasteiger partial charge in [0.05, 0.1) is 63.4 Å². The number of rotatable bonds is 8. The Hall–Kier alpha value is -7.16. The number of hydrogen-bond acceptors (Lipinski definition) is 12. The van der Waals surface area contributed by atoms with Crippen LogP contribution < -0.4 is 19.3 Å². The number of anilines is 2. The van der Waals surface area contributed by atoms with E-state index in [2.05, 4.69) is 106 Å². The fraction of sp³-hybridized carbons (Fsp3) is 0.308. The Morgan fingerprint density at radius 2 is 1.14 bits per heavy atom. The zero-order valence-corrected chi connectivity index (χ0v) is 37.3. The van der Waals surface area contributed by atoms with Gasteiger partial charge >= 0.3 is 0 Å². The third-order valence-corrected chi connectivity index (χ3v) is 13.1. The minimum absolute atomic E-state index is 0.259. The van der Waals surface area contributed by atoms with Gasteiger partial charge < -0.3 is 33.1 Å². The summed E-state index contributed by atoms with van der Waals surface area (Å²) >= 11 is 0. The van der Waals surface area contributed by atoms with Gasteiger partial charge in [-0.05, 0) is 68.5 Å². The number of aromatic nitrogens is 8. The summed E-state index contributed by atoms with van der Waals surface area (Å²) in [6.07, 6.45) is 19.4. The number of aryl methyl sites for hydroxylation is 2. The monoisotopic (exact) mass is 880 g/mol. The van der Waals surface area contributed by atoms with Gasteiger partial charge in [0.1, 0.15) is 22.8 Å². The van der Waals surface area contributed by atoms with Crippen molar-refractivity contribution >= 4 is 28.8 Å². The molecule has 66 heavy (non-hydrogen) atoms. The third-order valence-electron chi connectivity index (χ3n) is 13.1. The summed E-state index contributed by atoms with van der Waals surface area (Å²) in [5, 5.41) is 0. The molecule has 2 aliphatic heterocycles. The highest BCUT2D eigenvalue weighted by Crippen LogP contribution is 2.41. The Bertz CT molecular complexity index is 3020. The van der Waals surface area contributed by atoms with Crippen LogP contribution in [0.15, 0.2) is 116 Å². The largest absolute Gasteiger partial charge is 0.496 e. The van der Waals surface area contributed by atoms with Gasteiger partial charge in [-0.25, -0.2) is 29.9 Å². The molecule has 1 atom stereocenters. The Kier molecular flexibility index (Phi) is 11.6. The van der Waals surface area contributed by atoms with E-state index in [0.717, 1.165) is 164 Å². The van der Waals surface area contributed by atoms with Crippen molar-refractivity contribution in [2.75, 3.05) is 76.6 Å². The fourth-order valence-corrected chi connectivity index (χ4v) is 9.77. The molecule has 8 aromatic rings. The van der Waals surface area contributed by atoms with Crippen LogP contribution in [0.4, 0.5) is 11.9 Å². The molecule has 2 aliphatic carbocycles. The number of hydrogen-bond donors (Lipinski definition) is 0. The van der Waals surface area contributed by atoms with Crippen molar-refractivity contribution in [3.63, 3.8) is 0 Å². The normalized spacial score (nSPS) is 17.1. The number of imidazole rings is 2. The van der Waals surface area contributed by atoms with Gasteiger partial charge in [0.15, 0.2) is 0 Å². The Morgan fingerprint density at radius 3 is 1.77 bits per heavy atom. The molecule has 0 amide bonds. The summed E-state index contributed by atoms with van der Waals surface area (Å²) < 4.78 is 26.7. The van der Waals surface area contributed by atoms with Crippen molar-refractivity contribution in [3.05, 3.63) is 150 Å². The maximum atomic E-state index is 5.70. The molecule has 0 bridgehead atoms. The van der Waals surface area contributed by atoms with E-state index in [1.54, 1.807) is 14.2 Å². The molecule has 14 heteroatoms. The number of morpholine rings is 2. The standard InChI is InChI=1S/C26H27N5O2.C26H25N5O2/c2*1-32-23-8-3-2-5-20(23)21-6-4-7-22-25(21)31-17-18(9-10-24(31)29-22)19-15-27-26(28-16-19)30-11-13-33-14-12-30/h2-3,5,8-10,15-17,21H,4,6-7,11-14H2,1H3;2-3,5-6,8-10,15-17H,4,7,11-14H2,1H3. The summed E-state index contributed by atoms with van der Waals surface area (Å²) in [4.78, 5) is 32.7. The Morgan fingerprint density at radius 1 is 0.576 bits per heavy atom. The second-order valence-corrected chi connectivity index (χ2v) is 16.9. The third kappa shape index (κ3) is 8.00. The summed E-state index contributed by atoms with van der Waals surface area (Å²) in [5.41, 5.74) is 14.2. The van der Waals surface area contributed by atoms with Gasteiger partial charge in [-0.2, -0.15) is 0 Å². The number of fused-ring (bicyclic) bond motifs is 6. The van der Waals surface area contributed by atoms with E-state index >= 15 is 0 Å². The zero-order valence-electron chi connectivity index (χ0n) is 37.3. The molecule has 14 nitrogen and oxygen atoms in total. The minimum atomic E-state index is 0.259. The first kappa shape index (κ1) is 41.5. The number of pyridine rings is 2. The van der Waals surface area contributed by atoms with Crippen molar-refractivity contribution in [1.29, 1.82) is 0 Å². The maximum absolute atomic E-state index is 5.70. The number of benzene rings is 2. The highest BCUT2D eigenvalue weighted by atomic mass is 16.5. The van der Waals surface area contributed by atoms with E-state index < -0.39 is 0 Å². The average molecular weight is 881 g/mol. The predicted octanol–water partition coefficient (Wildman–Crippen LogP) is 8.12. The first-order valence-electron chi connectivity index (χ1n) is 22.9. The highest BCUT2D eigenvalue weighted by molar-refractivity contribution is 5.85. The van der Waals surface area contributed by atoms with Crippen LogP contribution in [0.3, 0.4) is 0 Å². The molecular formula is C52H52N10O4. The van der Waals surface area contributed by atoms with Crippen molar-refractivity contribution in [1.82, 2.24) is 38.7 Å². The van der Waals surface area contributed by atoms with Crippen LogP contribution in [-0.4, -0.2) is 106 Å². The summed E-state index contributed by atoms with van der Waals surface area (Å²) in [7, 11) is 3.46. The van der Waals surface area contributed by atoms with Crippen molar-refractivity contribution in [3.8, 4) is 33.8 Å². The molecular weight excluding hydrogens is 829 g/mol. The predicted molar refractivity (Wildman–Crippen MR) is 255 cm³/mol. The molecule has 2 fully saturated rings. The second kappa shape index (κ2) is 18.4. The minimum Gasteiger partial charge on any atom is -0.496 e. The molecule has 334 valence electrons. The van der Waals surface area contributed by atoms with Gasteiger partial charge in [0.25, 0.3) is 0 Å². The lowest BCUT2D eigenvalue weighted by molar-refractivity contribution is 0.122. The molecule has 2 saturated heterocycles. The highest BCUT2D eigenvalue weighted by Gasteiger charge is 2.29. The second-order valence-electron chi connectivity index (χ2n) is 16.9. The molecule has 2 aromatic carbocycles. The number of allylic oxidation sites excluding steroid dienone is 1.